The Labute approximate surface area is 208 Å². The maximum atomic E-state index is 12.6. The maximum absolute atomic E-state index is 12.6. The summed E-state index contributed by atoms with van der Waals surface area (Å²) in [7, 11) is 1.42. The Kier molecular flexibility index (Phi) is 9.17. The van der Waals surface area contributed by atoms with Crippen LogP contribution >= 0.6 is 0 Å². The largest absolute Gasteiger partial charge is 0.468 e. The Morgan fingerprint density at radius 1 is 1.14 bits per heavy atom. The van der Waals surface area contributed by atoms with Gasteiger partial charge in [0.05, 0.1) is 19.1 Å². The van der Waals surface area contributed by atoms with Gasteiger partial charge in [-0.3, -0.25) is 9.69 Å². The fourth-order valence-corrected chi connectivity index (χ4v) is 5.26. The zero-order chi connectivity index (χ0) is 24.5. The number of imidazole rings is 1. The first-order chi connectivity index (χ1) is 17.1. The number of carbonyl (C=O) groups excluding carboxylic acids is 2. The lowest BCUT2D eigenvalue weighted by atomic mass is 9.87. The Balaban J connectivity index is 1.26. The van der Waals surface area contributed by atoms with Gasteiger partial charge in [0.15, 0.2) is 0 Å². The minimum Gasteiger partial charge on any atom is -0.468 e. The smallest absolute Gasteiger partial charge is 0.407 e. The van der Waals surface area contributed by atoms with E-state index in [1.807, 2.05) is 36.7 Å². The van der Waals surface area contributed by atoms with Crippen molar-refractivity contribution in [3.05, 3.63) is 54.1 Å². The van der Waals surface area contributed by atoms with Gasteiger partial charge in [-0.25, -0.2) is 9.78 Å². The molecule has 8 nitrogen and oxygen atoms in total. The highest BCUT2D eigenvalue weighted by atomic mass is 16.5. The summed E-state index contributed by atoms with van der Waals surface area (Å²) in [5.74, 6) is 0.555. The van der Waals surface area contributed by atoms with Crippen LogP contribution < -0.4 is 5.32 Å². The van der Waals surface area contributed by atoms with E-state index in [9.17, 15) is 9.59 Å². The molecule has 0 radical (unpaired) electrons. The van der Waals surface area contributed by atoms with Gasteiger partial charge in [0.2, 0.25) is 0 Å². The summed E-state index contributed by atoms with van der Waals surface area (Å²) in [6.45, 7) is 2.48. The normalized spacial score (nSPS) is 19.9. The number of benzene rings is 1. The van der Waals surface area contributed by atoms with E-state index in [4.69, 9.17) is 9.47 Å². The van der Waals surface area contributed by atoms with Crippen molar-refractivity contribution in [2.24, 2.45) is 5.92 Å². The Morgan fingerprint density at radius 2 is 1.94 bits per heavy atom. The van der Waals surface area contributed by atoms with Crippen molar-refractivity contribution >= 4 is 12.1 Å². The fraction of sp³-hybridized carbons (Fsp3) is 0.593. The quantitative estimate of drug-likeness (QED) is 0.517. The van der Waals surface area contributed by atoms with Gasteiger partial charge in [0, 0.05) is 38.3 Å². The van der Waals surface area contributed by atoms with E-state index in [1.165, 1.54) is 45.6 Å². The molecule has 2 aromatic rings. The predicted molar refractivity (Wildman–Crippen MR) is 133 cm³/mol. The van der Waals surface area contributed by atoms with Crippen LogP contribution in [0.3, 0.4) is 0 Å². The van der Waals surface area contributed by atoms with E-state index >= 15 is 0 Å². The second kappa shape index (κ2) is 12.7. The van der Waals surface area contributed by atoms with E-state index in [0.717, 1.165) is 30.1 Å². The minimum atomic E-state index is -0.438. The zero-order valence-corrected chi connectivity index (χ0v) is 20.7. The number of esters is 1. The molecule has 35 heavy (non-hydrogen) atoms. The number of amides is 1. The monoisotopic (exact) mass is 482 g/mol. The molecule has 4 rings (SSSR count). The van der Waals surface area contributed by atoms with Crippen LogP contribution in [0.1, 0.15) is 56.2 Å². The standard InChI is InChI=1S/C27H38N4O4/c1-34-26(32)25(16-24-17-30(20-28-24)14-12-21-8-4-2-5-9-21)31-15-13-23(18-31)29-27(33)35-19-22-10-6-3-7-11-22/h3,6-7,10-11,17,20-21,23,25H,2,4-5,8-9,12-16,18-19H2,1H3,(H,29,33)/t23-,25?/m0/s1. The van der Waals surface area contributed by atoms with Crippen LogP contribution in [0.4, 0.5) is 4.79 Å². The van der Waals surface area contributed by atoms with Crippen molar-refractivity contribution in [2.75, 3.05) is 20.2 Å². The number of likely N-dealkylation sites (tertiary alicyclic amines) is 1. The van der Waals surface area contributed by atoms with Gasteiger partial charge in [0.25, 0.3) is 0 Å². The lowest BCUT2D eigenvalue weighted by molar-refractivity contribution is -0.146. The molecule has 1 unspecified atom stereocenters. The molecule has 1 aliphatic carbocycles. The molecule has 1 saturated carbocycles. The summed E-state index contributed by atoms with van der Waals surface area (Å²) in [6, 6.07) is 9.10. The number of nitrogens with one attached hydrogen (secondary N) is 1. The zero-order valence-electron chi connectivity index (χ0n) is 20.7. The van der Waals surface area contributed by atoms with Gasteiger partial charge in [-0.05, 0) is 24.3 Å². The number of nitrogens with zero attached hydrogens (tertiary/aromatic N) is 3. The molecule has 1 aliphatic heterocycles. The van der Waals surface area contributed by atoms with E-state index in [1.54, 1.807) is 0 Å². The van der Waals surface area contributed by atoms with Crippen molar-refractivity contribution < 1.29 is 19.1 Å². The second-order valence-corrected chi connectivity index (χ2v) is 9.83. The number of rotatable bonds is 10. The Morgan fingerprint density at radius 3 is 2.71 bits per heavy atom. The first-order valence-electron chi connectivity index (χ1n) is 12.9. The van der Waals surface area contributed by atoms with Crippen LogP contribution in [0.15, 0.2) is 42.9 Å². The number of aromatic nitrogens is 2. The third-order valence-electron chi connectivity index (χ3n) is 7.28. The number of aryl methyl sites for hydroxylation is 1. The summed E-state index contributed by atoms with van der Waals surface area (Å²) in [6.07, 6.45) is 12.7. The molecular formula is C27H38N4O4. The van der Waals surface area contributed by atoms with Crippen LogP contribution in [0, 0.1) is 5.92 Å². The summed E-state index contributed by atoms with van der Waals surface area (Å²) in [5.41, 5.74) is 1.84. The van der Waals surface area contributed by atoms with Gasteiger partial charge < -0.3 is 19.4 Å². The van der Waals surface area contributed by atoms with Crippen molar-refractivity contribution in [1.82, 2.24) is 19.8 Å². The van der Waals surface area contributed by atoms with Gasteiger partial charge in [-0.2, -0.15) is 0 Å². The summed E-state index contributed by atoms with van der Waals surface area (Å²) >= 11 is 0. The Hall–Kier alpha value is -2.87. The third-order valence-corrected chi connectivity index (χ3v) is 7.28. The number of methoxy groups -OCH3 is 1. The van der Waals surface area contributed by atoms with E-state index in [-0.39, 0.29) is 18.6 Å². The second-order valence-electron chi connectivity index (χ2n) is 9.83. The molecule has 1 N–H and O–H groups in total. The molecule has 2 fully saturated rings. The van der Waals surface area contributed by atoms with Crippen molar-refractivity contribution in [3.63, 3.8) is 0 Å². The van der Waals surface area contributed by atoms with E-state index in [2.05, 4.69) is 26.0 Å². The summed E-state index contributed by atoms with van der Waals surface area (Å²) < 4.78 is 12.6. The third kappa shape index (κ3) is 7.56. The van der Waals surface area contributed by atoms with Crippen LogP contribution in [0.2, 0.25) is 0 Å². The summed E-state index contributed by atoms with van der Waals surface area (Å²) in [5, 5.41) is 2.93. The molecule has 1 aromatic heterocycles. The molecule has 2 atom stereocenters. The first kappa shape index (κ1) is 25.2. The highest BCUT2D eigenvalue weighted by Gasteiger charge is 2.34. The SMILES string of the molecule is COC(=O)C(Cc1cn(CCC2CCCCC2)cn1)N1CC[C@H](NC(=O)OCc2ccccc2)C1. The number of carbonyl (C=O) groups is 2. The molecule has 0 bridgehead atoms. The molecule has 190 valence electrons. The number of hydrogen-bond donors (Lipinski definition) is 1. The maximum Gasteiger partial charge on any atom is 0.407 e. The van der Waals surface area contributed by atoms with Gasteiger partial charge >= 0.3 is 12.1 Å². The number of alkyl carbamates (subject to hydrolysis) is 1. The number of hydrogen-bond acceptors (Lipinski definition) is 6. The molecule has 1 amide bonds. The molecule has 2 aliphatic rings. The van der Waals surface area contributed by atoms with Crippen LogP contribution in [-0.2, 0) is 33.8 Å². The Bertz CT molecular complexity index is 942. The van der Waals surface area contributed by atoms with E-state index in [0.29, 0.717) is 19.5 Å². The fourth-order valence-electron chi connectivity index (χ4n) is 5.26. The van der Waals surface area contributed by atoms with Crippen molar-refractivity contribution in [3.8, 4) is 0 Å². The number of ether oxygens (including phenoxy) is 2. The average Bonchev–Trinajstić information content (AvgIpc) is 3.55. The first-order valence-corrected chi connectivity index (χ1v) is 12.9. The lowest BCUT2D eigenvalue weighted by Gasteiger charge is -2.25. The van der Waals surface area contributed by atoms with Crippen LogP contribution in [0.5, 0.6) is 0 Å². The van der Waals surface area contributed by atoms with Crippen LogP contribution in [-0.4, -0.2) is 58.8 Å². The molecule has 1 aromatic carbocycles. The van der Waals surface area contributed by atoms with Gasteiger partial charge in [-0.1, -0.05) is 62.4 Å². The molecular weight excluding hydrogens is 444 g/mol. The molecule has 0 spiro atoms. The summed E-state index contributed by atoms with van der Waals surface area (Å²) in [4.78, 5) is 31.5. The van der Waals surface area contributed by atoms with Gasteiger partial charge in [-0.15, -0.1) is 0 Å². The van der Waals surface area contributed by atoms with Crippen molar-refractivity contribution in [1.29, 1.82) is 0 Å². The average molecular weight is 483 g/mol. The molecule has 8 heteroatoms. The molecule has 2 heterocycles. The minimum absolute atomic E-state index is 0.0709. The molecule has 1 saturated heterocycles. The topological polar surface area (TPSA) is 85.7 Å². The van der Waals surface area contributed by atoms with Crippen molar-refractivity contribution in [2.45, 2.75) is 76.6 Å². The van der Waals surface area contributed by atoms with Gasteiger partial charge in [0.1, 0.15) is 12.6 Å². The highest BCUT2D eigenvalue weighted by Crippen LogP contribution is 2.26. The highest BCUT2D eigenvalue weighted by molar-refractivity contribution is 5.76. The predicted octanol–water partition coefficient (Wildman–Crippen LogP) is 3.94. The van der Waals surface area contributed by atoms with E-state index < -0.39 is 12.1 Å². The van der Waals surface area contributed by atoms with Crippen LogP contribution in [0.25, 0.3) is 0 Å². The lowest BCUT2D eigenvalue weighted by Crippen LogP contribution is -2.44.